The van der Waals surface area contributed by atoms with Gasteiger partial charge in [-0.3, -0.25) is 5.01 Å². The van der Waals surface area contributed by atoms with E-state index in [1.165, 1.54) is 5.01 Å². The van der Waals surface area contributed by atoms with E-state index in [4.69, 9.17) is 22.5 Å². The van der Waals surface area contributed by atoms with Crippen LogP contribution in [-0.4, -0.2) is 38.6 Å². The van der Waals surface area contributed by atoms with Gasteiger partial charge >= 0.3 is 0 Å². The summed E-state index contributed by atoms with van der Waals surface area (Å²) < 4.78 is 5.62. The highest BCUT2D eigenvalue weighted by Gasteiger charge is 2.13. The Balaban J connectivity index is 3.42. The van der Waals surface area contributed by atoms with Gasteiger partial charge in [0.15, 0.2) is 13.4 Å². The maximum absolute atomic E-state index is 5.62. The van der Waals surface area contributed by atoms with Crippen molar-refractivity contribution in [2.45, 2.75) is 19.6 Å². The lowest BCUT2D eigenvalue weighted by atomic mass is 10.7. The molecule has 0 aromatic rings. The van der Waals surface area contributed by atoms with E-state index in [0.717, 1.165) is 0 Å². The van der Waals surface area contributed by atoms with Gasteiger partial charge in [0, 0.05) is 13.6 Å². The van der Waals surface area contributed by atoms with E-state index >= 15 is 0 Å². The van der Waals surface area contributed by atoms with Gasteiger partial charge in [-0.05, 0) is 31.9 Å². The molecule has 0 aromatic heterocycles. The molecule has 6 heteroatoms. The zero-order chi connectivity index (χ0) is 10.5. The lowest BCUT2D eigenvalue weighted by molar-refractivity contribution is 0.314. The van der Waals surface area contributed by atoms with Crippen molar-refractivity contribution in [1.82, 2.24) is 10.3 Å². The van der Waals surface area contributed by atoms with Gasteiger partial charge in [0.2, 0.25) is 0 Å². The normalized spacial score (nSPS) is 11.2. The molecule has 0 amide bonds. The fraction of sp³-hybridized carbons (Fsp3) is 0.857. The van der Waals surface area contributed by atoms with Crippen LogP contribution in [0.15, 0.2) is 0 Å². The van der Waals surface area contributed by atoms with Crippen LogP contribution >= 0.6 is 12.2 Å². The van der Waals surface area contributed by atoms with Crippen LogP contribution in [0.4, 0.5) is 0 Å². The Hall–Kier alpha value is -0.173. The van der Waals surface area contributed by atoms with E-state index in [9.17, 15) is 0 Å². The minimum absolute atomic E-state index is 0.541. The minimum atomic E-state index is -1.38. The average Bonchev–Trinajstić information content (AvgIpc) is 1.95. The molecule has 0 saturated carbocycles. The standard InChI is InChI=1S/C7H19N3OSSi/c1-10(8)7(12)9-5-6-11-13(2,3)4/h5-6,8H2,1-4H3,(H,9,12). The maximum Gasteiger partial charge on any atom is 0.183 e. The number of rotatable bonds is 4. The van der Waals surface area contributed by atoms with Crippen LogP contribution in [0.1, 0.15) is 0 Å². The van der Waals surface area contributed by atoms with Crippen molar-refractivity contribution >= 4 is 25.6 Å². The molecule has 0 atom stereocenters. The van der Waals surface area contributed by atoms with Crippen molar-refractivity contribution in [2.75, 3.05) is 20.2 Å². The smallest absolute Gasteiger partial charge is 0.183 e. The quantitative estimate of drug-likeness (QED) is 0.238. The van der Waals surface area contributed by atoms with Crippen molar-refractivity contribution in [3.8, 4) is 0 Å². The van der Waals surface area contributed by atoms with Crippen LogP contribution in [0, 0.1) is 0 Å². The van der Waals surface area contributed by atoms with E-state index in [-0.39, 0.29) is 0 Å². The summed E-state index contributed by atoms with van der Waals surface area (Å²) in [6.45, 7) is 7.86. The van der Waals surface area contributed by atoms with Crippen molar-refractivity contribution in [2.24, 2.45) is 5.84 Å². The highest BCUT2D eigenvalue weighted by atomic mass is 32.1. The number of nitrogens with two attached hydrogens (primary N) is 1. The Morgan fingerprint density at radius 3 is 2.46 bits per heavy atom. The summed E-state index contributed by atoms with van der Waals surface area (Å²) in [7, 11) is 0.319. The Kier molecular flexibility index (Phi) is 5.46. The number of thiocarbonyl (C=S) groups is 1. The zero-order valence-electron chi connectivity index (χ0n) is 8.76. The van der Waals surface area contributed by atoms with Crippen LogP contribution in [-0.2, 0) is 4.43 Å². The molecule has 0 saturated heterocycles. The van der Waals surface area contributed by atoms with Gasteiger partial charge in [-0.1, -0.05) is 0 Å². The lowest BCUT2D eigenvalue weighted by Gasteiger charge is -2.19. The van der Waals surface area contributed by atoms with Gasteiger partial charge in [-0.25, -0.2) is 5.84 Å². The number of nitrogens with one attached hydrogen (secondary N) is 1. The molecule has 13 heavy (non-hydrogen) atoms. The third-order valence-electron chi connectivity index (χ3n) is 1.23. The van der Waals surface area contributed by atoms with E-state index in [0.29, 0.717) is 18.3 Å². The monoisotopic (exact) mass is 221 g/mol. The highest BCUT2D eigenvalue weighted by molar-refractivity contribution is 7.80. The Morgan fingerprint density at radius 2 is 2.08 bits per heavy atom. The summed E-state index contributed by atoms with van der Waals surface area (Å²) in [6, 6.07) is 0. The molecule has 0 aliphatic heterocycles. The van der Waals surface area contributed by atoms with Crippen LogP contribution in [0.2, 0.25) is 19.6 Å². The second-order valence-corrected chi connectivity index (χ2v) is 8.70. The van der Waals surface area contributed by atoms with E-state index in [1.54, 1.807) is 7.05 Å². The molecule has 0 spiro atoms. The molecule has 0 radical (unpaired) electrons. The fourth-order valence-corrected chi connectivity index (χ4v) is 1.46. The average molecular weight is 221 g/mol. The zero-order valence-corrected chi connectivity index (χ0v) is 10.6. The second-order valence-electron chi connectivity index (χ2n) is 3.80. The topological polar surface area (TPSA) is 50.5 Å². The number of hydrazine groups is 1. The first-order valence-corrected chi connectivity index (χ1v) is 8.05. The maximum atomic E-state index is 5.62. The molecule has 0 aliphatic rings. The first-order chi connectivity index (χ1) is 5.83. The molecule has 3 N–H and O–H groups in total. The van der Waals surface area contributed by atoms with E-state index in [2.05, 4.69) is 25.0 Å². The van der Waals surface area contributed by atoms with Crippen molar-refractivity contribution < 1.29 is 4.43 Å². The van der Waals surface area contributed by atoms with E-state index in [1.807, 2.05) is 0 Å². The van der Waals surface area contributed by atoms with Crippen LogP contribution < -0.4 is 11.2 Å². The first kappa shape index (κ1) is 12.8. The van der Waals surface area contributed by atoms with Gasteiger partial charge in [-0.2, -0.15) is 0 Å². The largest absolute Gasteiger partial charge is 0.416 e. The number of nitrogens with zero attached hydrogens (tertiary/aromatic N) is 1. The third-order valence-corrected chi connectivity index (χ3v) is 2.74. The molecule has 0 heterocycles. The van der Waals surface area contributed by atoms with Crippen molar-refractivity contribution in [1.29, 1.82) is 0 Å². The Labute approximate surface area is 86.5 Å². The van der Waals surface area contributed by atoms with Crippen LogP contribution in [0.3, 0.4) is 0 Å². The molecule has 78 valence electrons. The van der Waals surface area contributed by atoms with Gasteiger partial charge in [0.05, 0.1) is 6.61 Å². The summed E-state index contributed by atoms with van der Waals surface area (Å²) >= 11 is 4.93. The lowest BCUT2D eigenvalue weighted by Crippen LogP contribution is -2.43. The molecule has 0 fully saturated rings. The predicted octanol–water partition coefficient (Wildman–Crippen LogP) is 0.518. The fourth-order valence-electron chi connectivity index (χ4n) is 0.640. The summed E-state index contributed by atoms with van der Waals surface area (Å²) in [5.41, 5.74) is 0. The molecule has 4 nitrogen and oxygen atoms in total. The Bertz CT molecular complexity index is 170. The highest BCUT2D eigenvalue weighted by Crippen LogP contribution is 2.00. The summed E-state index contributed by atoms with van der Waals surface area (Å²) in [6.07, 6.45) is 0. The third kappa shape index (κ3) is 8.17. The van der Waals surface area contributed by atoms with Crippen LogP contribution in [0.5, 0.6) is 0 Å². The molecule has 0 unspecified atom stereocenters. The Morgan fingerprint density at radius 1 is 1.54 bits per heavy atom. The number of hydrogen-bond donors (Lipinski definition) is 2. The van der Waals surface area contributed by atoms with Gasteiger partial charge in [0.1, 0.15) is 0 Å². The molecule has 0 bridgehead atoms. The summed E-state index contributed by atoms with van der Waals surface area (Å²) in [5.74, 6) is 5.40. The SMILES string of the molecule is CN(N)C(=S)NCCO[Si](C)(C)C. The molecule has 0 aliphatic carbocycles. The van der Waals surface area contributed by atoms with Gasteiger partial charge < -0.3 is 9.74 Å². The van der Waals surface area contributed by atoms with Crippen molar-refractivity contribution in [3.05, 3.63) is 0 Å². The predicted molar refractivity (Wildman–Crippen MR) is 61.8 cm³/mol. The minimum Gasteiger partial charge on any atom is -0.416 e. The molecular weight excluding hydrogens is 202 g/mol. The van der Waals surface area contributed by atoms with Gasteiger partial charge in [0.25, 0.3) is 0 Å². The first-order valence-electron chi connectivity index (χ1n) is 4.23. The van der Waals surface area contributed by atoms with Crippen molar-refractivity contribution in [3.63, 3.8) is 0 Å². The summed E-state index contributed by atoms with van der Waals surface area (Å²) in [4.78, 5) is 0. The second kappa shape index (κ2) is 5.53. The molecule has 0 aromatic carbocycles. The van der Waals surface area contributed by atoms with Gasteiger partial charge in [-0.15, -0.1) is 0 Å². The summed E-state index contributed by atoms with van der Waals surface area (Å²) in [5, 5.41) is 4.90. The van der Waals surface area contributed by atoms with Crippen LogP contribution in [0.25, 0.3) is 0 Å². The molecule has 0 rings (SSSR count). The van der Waals surface area contributed by atoms with E-state index < -0.39 is 8.32 Å². The number of hydrogen-bond acceptors (Lipinski definition) is 3. The molecular formula is C7H19N3OSSi.